The largest absolute Gasteiger partial charge is 0.469 e. The van der Waals surface area contributed by atoms with Crippen LogP contribution < -0.4 is 5.32 Å². The van der Waals surface area contributed by atoms with Crippen molar-refractivity contribution in [3.63, 3.8) is 0 Å². The van der Waals surface area contributed by atoms with Crippen LogP contribution in [0, 0.1) is 24.5 Å². The number of fused-ring (bicyclic) bond motifs is 1. The van der Waals surface area contributed by atoms with Crippen LogP contribution in [0.4, 0.5) is 20.5 Å². The number of oxazole rings is 1. The second-order valence-electron chi connectivity index (χ2n) is 9.67. The normalized spacial score (nSPS) is 18.3. The predicted octanol–water partition coefficient (Wildman–Crippen LogP) is 5.64. The van der Waals surface area contributed by atoms with Crippen LogP contribution in [0.25, 0.3) is 11.1 Å². The van der Waals surface area contributed by atoms with Gasteiger partial charge in [0.05, 0.1) is 25.6 Å². The third-order valence-corrected chi connectivity index (χ3v) is 7.09. The first-order valence-corrected chi connectivity index (χ1v) is 12.8. The summed E-state index contributed by atoms with van der Waals surface area (Å²) >= 11 is 0. The van der Waals surface area contributed by atoms with Gasteiger partial charge in [-0.05, 0) is 62.8 Å². The molecule has 10 heteroatoms. The van der Waals surface area contributed by atoms with E-state index in [-0.39, 0.29) is 53.0 Å². The number of nitrogens with zero attached hydrogens (tertiary/aromatic N) is 2. The van der Waals surface area contributed by atoms with Gasteiger partial charge in [0.2, 0.25) is 5.91 Å². The Morgan fingerprint density at radius 1 is 1.18 bits per heavy atom. The molecular formula is C28H33F2N3O5. The molecule has 1 fully saturated rings. The molecule has 0 bridgehead atoms. The van der Waals surface area contributed by atoms with Crippen molar-refractivity contribution in [2.75, 3.05) is 19.5 Å². The molecule has 0 spiro atoms. The SMILES string of the molecule is CCC(OC1CCC(C(=O)OC)CC1)N(C)C(=O)Cc1ccc2nc(Nc3cc(F)ccc3C)oc2c1F. The molecule has 1 heterocycles. The Morgan fingerprint density at radius 3 is 2.61 bits per heavy atom. The third kappa shape index (κ3) is 6.12. The van der Waals surface area contributed by atoms with Gasteiger partial charge in [0.1, 0.15) is 17.6 Å². The lowest BCUT2D eigenvalue weighted by atomic mass is 9.87. The second-order valence-corrected chi connectivity index (χ2v) is 9.67. The molecule has 1 saturated carbocycles. The Balaban J connectivity index is 1.41. The second kappa shape index (κ2) is 11.9. The van der Waals surface area contributed by atoms with E-state index in [0.29, 0.717) is 37.8 Å². The molecule has 1 aliphatic carbocycles. The number of aryl methyl sites for hydroxylation is 1. The summed E-state index contributed by atoms with van der Waals surface area (Å²) in [5.74, 6) is -1.70. The minimum Gasteiger partial charge on any atom is -0.469 e. The van der Waals surface area contributed by atoms with Crippen molar-refractivity contribution >= 4 is 34.7 Å². The number of methoxy groups -OCH3 is 1. The summed E-state index contributed by atoms with van der Waals surface area (Å²) in [7, 11) is 3.04. The van der Waals surface area contributed by atoms with Crippen molar-refractivity contribution < 1.29 is 32.3 Å². The van der Waals surface area contributed by atoms with Gasteiger partial charge in [-0.15, -0.1) is 0 Å². The van der Waals surface area contributed by atoms with Crippen LogP contribution in [-0.4, -0.2) is 48.2 Å². The lowest BCUT2D eigenvalue weighted by Gasteiger charge is -2.34. The zero-order valence-corrected chi connectivity index (χ0v) is 22.1. The number of rotatable bonds is 9. The fraction of sp³-hybridized carbons (Fsp3) is 0.464. The summed E-state index contributed by atoms with van der Waals surface area (Å²) in [4.78, 5) is 30.6. The number of carbonyl (C=O) groups excluding carboxylic acids is 2. The lowest BCUT2D eigenvalue weighted by Crippen LogP contribution is -2.42. The van der Waals surface area contributed by atoms with E-state index in [0.717, 1.165) is 5.56 Å². The molecule has 8 nitrogen and oxygen atoms in total. The first kappa shape index (κ1) is 27.5. The van der Waals surface area contributed by atoms with Crippen LogP contribution in [0.1, 0.15) is 50.2 Å². The monoisotopic (exact) mass is 529 g/mol. The Labute approximate surface area is 220 Å². The number of hydrogen-bond acceptors (Lipinski definition) is 7. The third-order valence-electron chi connectivity index (χ3n) is 7.09. The van der Waals surface area contributed by atoms with E-state index in [1.54, 1.807) is 26.1 Å². The maximum absolute atomic E-state index is 15.3. The summed E-state index contributed by atoms with van der Waals surface area (Å²) < 4.78 is 45.5. The van der Waals surface area contributed by atoms with Crippen molar-refractivity contribution in [3.8, 4) is 0 Å². The van der Waals surface area contributed by atoms with Gasteiger partial charge in [0.25, 0.3) is 6.01 Å². The minimum atomic E-state index is -0.670. The van der Waals surface area contributed by atoms with E-state index in [4.69, 9.17) is 13.9 Å². The van der Waals surface area contributed by atoms with Crippen LogP contribution >= 0.6 is 0 Å². The van der Waals surface area contributed by atoms with Crippen LogP contribution in [0.3, 0.4) is 0 Å². The summed E-state index contributed by atoms with van der Waals surface area (Å²) in [6.07, 6.45) is 2.64. The van der Waals surface area contributed by atoms with Gasteiger partial charge in [-0.3, -0.25) is 9.59 Å². The van der Waals surface area contributed by atoms with Gasteiger partial charge >= 0.3 is 5.97 Å². The number of aromatic nitrogens is 1. The number of esters is 1. The number of carbonyl (C=O) groups is 2. The molecule has 1 unspecified atom stereocenters. The fourth-order valence-electron chi connectivity index (χ4n) is 4.77. The molecule has 38 heavy (non-hydrogen) atoms. The maximum Gasteiger partial charge on any atom is 0.308 e. The van der Waals surface area contributed by atoms with E-state index in [9.17, 15) is 14.0 Å². The van der Waals surface area contributed by atoms with Gasteiger partial charge in [-0.1, -0.05) is 19.1 Å². The molecule has 1 amide bonds. The van der Waals surface area contributed by atoms with E-state index in [1.807, 2.05) is 6.92 Å². The van der Waals surface area contributed by atoms with Crippen molar-refractivity contribution in [2.45, 2.75) is 64.7 Å². The number of hydrogen-bond donors (Lipinski definition) is 1. The van der Waals surface area contributed by atoms with E-state index >= 15 is 4.39 Å². The Morgan fingerprint density at radius 2 is 1.92 bits per heavy atom. The molecule has 3 aromatic rings. The standard InChI is InChI=1S/C28H33F2N3O5/c1-5-24(37-20-11-7-17(8-12-20)27(35)36-4)33(3)23(34)14-18-9-13-21-26(25(18)30)38-28(31-21)32-22-15-19(29)10-6-16(22)2/h6,9-10,13,15,17,20,24H,5,7-8,11-12,14H2,1-4H3,(H,31,32). The average Bonchev–Trinajstić information content (AvgIpc) is 3.33. The molecule has 1 N–H and O–H groups in total. The minimum absolute atomic E-state index is 0.0227. The van der Waals surface area contributed by atoms with E-state index < -0.39 is 17.9 Å². The summed E-state index contributed by atoms with van der Waals surface area (Å²) in [5, 5.41) is 2.88. The van der Waals surface area contributed by atoms with Crippen LogP contribution in [0.5, 0.6) is 0 Å². The number of benzene rings is 2. The van der Waals surface area contributed by atoms with Crippen LogP contribution in [-0.2, 0) is 25.5 Å². The number of ether oxygens (including phenoxy) is 2. The predicted molar refractivity (Wildman–Crippen MR) is 138 cm³/mol. The van der Waals surface area contributed by atoms with Crippen molar-refractivity contribution in [1.29, 1.82) is 0 Å². The Kier molecular flexibility index (Phi) is 8.61. The molecule has 2 aromatic carbocycles. The van der Waals surface area contributed by atoms with Gasteiger partial charge in [0.15, 0.2) is 11.4 Å². The van der Waals surface area contributed by atoms with Crippen molar-refractivity contribution in [1.82, 2.24) is 9.88 Å². The van der Waals surface area contributed by atoms with Gasteiger partial charge in [-0.25, -0.2) is 8.78 Å². The number of nitrogens with one attached hydrogen (secondary N) is 1. The number of anilines is 2. The fourth-order valence-corrected chi connectivity index (χ4v) is 4.77. The quantitative estimate of drug-likeness (QED) is 0.283. The lowest BCUT2D eigenvalue weighted by molar-refractivity contribution is -0.155. The smallest absolute Gasteiger partial charge is 0.308 e. The molecule has 1 atom stereocenters. The molecule has 1 aromatic heterocycles. The highest BCUT2D eigenvalue weighted by Crippen LogP contribution is 2.30. The zero-order valence-electron chi connectivity index (χ0n) is 22.1. The summed E-state index contributed by atoms with van der Waals surface area (Å²) in [5.41, 5.74) is 1.60. The Hall–Kier alpha value is -3.53. The molecule has 0 saturated heterocycles. The van der Waals surface area contributed by atoms with Crippen molar-refractivity contribution in [2.24, 2.45) is 5.92 Å². The average molecular weight is 530 g/mol. The number of likely N-dealkylation sites (N-methyl/N-ethyl adjacent to an activating group) is 1. The highest BCUT2D eigenvalue weighted by atomic mass is 19.1. The topological polar surface area (TPSA) is 93.9 Å². The van der Waals surface area contributed by atoms with E-state index in [2.05, 4.69) is 10.3 Å². The Bertz CT molecular complexity index is 1300. The zero-order chi connectivity index (χ0) is 27.4. The van der Waals surface area contributed by atoms with Crippen molar-refractivity contribution in [3.05, 3.63) is 53.1 Å². The first-order chi connectivity index (χ1) is 18.2. The molecule has 0 aliphatic heterocycles. The van der Waals surface area contributed by atoms with Gasteiger partial charge in [0, 0.05) is 18.3 Å². The van der Waals surface area contributed by atoms with Crippen LogP contribution in [0.2, 0.25) is 0 Å². The highest BCUT2D eigenvalue weighted by molar-refractivity contribution is 5.82. The van der Waals surface area contributed by atoms with Gasteiger partial charge in [-0.2, -0.15) is 4.98 Å². The molecule has 0 radical (unpaired) electrons. The molecule has 204 valence electrons. The van der Waals surface area contributed by atoms with E-state index in [1.165, 1.54) is 30.2 Å². The number of amides is 1. The molecular weight excluding hydrogens is 496 g/mol. The van der Waals surface area contributed by atoms with Crippen LogP contribution in [0.15, 0.2) is 34.7 Å². The number of halogens is 2. The molecule has 4 rings (SSSR count). The first-order valence-electron chi connectivity index (χ1n) is 12.8. The highest BCUT2D eigenvalue weighted by Gasteiger charge is 2.30. The molecule has 1 aliphatic rings. The summed E-state index contributed by atoms with van der Waals surface area (Å²) in [6, 6.07) is 7.38. The maximum atomic E-state index is 15.3. The summed E-state index contributed by atoms with van der Waals surface area (Å²) in [6.45, 7) is 3.72. The van der Waals surface area contributed by atoms with Gasteiger partial charge < -0.3 is 24.1 Å².